The lowest BCUT2D eigenvalue weighted by Crippen LogP contribution is -1.97. The largest absolute Gasteiger partial charge is 0.309 e. The molecule has 5 aromatic carbocycles. The second-order valence-electron chi connectivity index (χ2n) is 7.83. The zero-order chi connectivity index (χ0) is 21.7. The van der Waals surface area contributed by atoms with Crippen molar-refractivity contribution in [2.24, 2.45) is 0 Å². The van der Waals surface area contributed by atoms with Crippen molar-refractivity contribution >= 4 is 38.3 Å². The number of fused-ring (bicyclic) bond motifs is 5. The molecule has 0 N–H and O–H groups in total. The third-order valence-electron chi connectivity index (χ3n) is 6.07. The lowest BCUT2D eigenvalue weighted by molar-refractivity contribution is -0.384. The van der Waals surface area contributed by atoms with Gasteiger partial charge in [-0.15, -0.1) is 0 Å². The minimum atomic E-state index is -0.300. The van der Waals surface area contributed by atoms with Crippen LogP contribution in [-0.2, 0) is 0 Å². The molecule has 0 atom stereocenters. The van der Waals surface area contributed by atoms with Gasteiger partial charge in [0.2, 0.25) is 0 Å². The highest BCUT2D eigenvalue weighted by atomic mass is 16.6. The van der Waals surface area contributed by atoms with E-state index in [2.05, 4.69) is 47.0 Å². The Morgan fingerprint density at radius 1 is 0.656 bits per heavy atom. The van der Waals surface area contributed by atoms with Crippen LogP contribution in [0.2, 0.25) is 0 Å². The summed E-state index contributed by atoms with van der Waals surface area (Å²) in [5.74, 6) is 0. The highest BCUT2D eigenvalue weighted by molar-refractivity contribution is 6.25. The van der Waals surface area contributed by atoms with Gasteiger partial charge in [-0.05, 0) is 41.1 Å². The van der Waals surface area contributed by atoms with Crippen LogP contribution in [0.5, 0.6) is 0 Å². The normalized spacial score (nSPS) is 11.4. The van der Waals surface area contributed by atoms with Crippen molar-refractivity contribution in [1.29, 1.82) is 0 Å². The van der Waals surface area contributed by atoms with Crippen LogP contribution in [0, 0.1) is 10.1 Å². The van der Waals surface area contributed by atoms with E-state index in [-0.39, 0.29) is 10.6 Å². The van der Waals surface area contributed by atoms with Gasteiger partial charge in [0.1, 0.15) is 0 Å². The third kappa shape index (κ3) is 2.63. The minimum Gasteiger partial charge on any atom is -0.309 e. The van der Waals surface area contributed by atoms with Crippen LogP contribution in [0.3, 0.4) is 0 Å². The van der Waals surface area contributed by atoms with Crippen molar-refractivity contribution < 1.29 is 4.92 Å². The molecule has 0 radical (unpaired) electrons. The Kier molecular flexibility index (Phi) is 4.05. The number of para-hydroxylation sites is 3. The molecule has 0 aliphatic carbocycles. The summed E-state index contributed by atoms with van der Waals surface area (Å²) in [4.78, 5) is 11.6. The van der Waals surface area contributed by atoms with Gasteiger partial charge in [0.15, 0.2) is 0 Å². The molecule has 0 bridgehead atoms. The summed E-state index contributed by atoms with van der Waals surface area (Å²) in [5.41, 5.74) is 4.65. The number of aromatic nitrogens is 1. The summed E-state index contributed by atoms with van der Waals surface area (Å²) in [7, 11) is 0. The molecule has 0 amide bonds. The van der Waals surface area contributed by atoms with E-state index < -0.39 is 0 Å². The standard InChI is InChI=1S/C28H18N2O2/c31-30(32)26-17-9-6-14-22(26)24-18-19-10-4-5-13-21(19)27-23-15-7-8-16-25(23)29(28(24)27)20-11-2-1-3-12-20/h1-18H. The molecule has 0 unspecified atom stereocenters. The van der Waals surface area contributed by atoms with Crippen LogP contribution < -0.4 is 0 Å². The summed E-state index contributed by atoms with van der Waals surface area (Å²) in [5, 5.41) is 16.3. The smallest absolute Gasteiger partial charge is 0.277 e. The Hall–Kier alpha value is -4.44. The van der Waals surface area contributed by atoms with Gasteiger partial charge in [0.05, 0.1) is 21.5 Å². The van der Waals surface area contributed by atoms with E-state index >= 15 is 0 Å². The molecule has 0 saturated heterocycles. The van der Waals surface area contributed by atoms with E-state index in [4.69, 9.17) is 0 Å². The van der Waals surface area contributed by atoms with Gasteiger partial charge in [0, 0.05) is 28.1 Å². The highest BCUT2D eigenvalue weighted by Gasteiger charge is 2.23. The number of nitro benzene ring substituents is 1. The molecular weight excluding hydrogens is 396 g/mol. The topological polar surface area (TPSA) is 48.1 Å². The number of benzene rings is 5. The lowest BCUT2D eigenvalue weighted by Gasteiger charge is -2.13. The van der Waals surface area contributed by atoms with E-state index in [1.54, 1.807) is 12.1 Å². The number of nitro groups is 1. The number of hydrogen-bond acceptors (Lipinski definition) is 2. The summed E-state index contributed by atoms with van der Waals surface area (Å²) >= 11 is 0. The molecule has 0 fully saturated rings. The van der Waals surface area contributed by atoms with Crippen LogP contribution in [0.1, 0.15) is 0 Å². The molecule has 6 rings (SSSR count). The second-order valence-corrected chi connectivity index (χ2v) is 7.83. The Bertz CT molecular complexity index is 1650. The van der Waals surface area contributed by atoms with Crippen molar-refractivity contribution in [3.8, 4) is 16.8 Å². The average Bonchev–Trinajstić information content (AvgIpc) is 3.19. The van der Waals surface area contributed by atoms with Gasteiger partial charge in [0.25, 0.3) is 5.69 Å². The summed E-state index contributed by atoms with van der Waals surface area (Å²) in [6, 6.07) is 35.8. The molecule has 0 aliphatic rings. The first kappa shape index (κ1) is 18.3. The molecule has 4 nitrogen and oxygen atoms in total. The maximum atomic E-state index is 11.9. The molecule has 1 heterocycles. The Labute approximate surface area is 184 Å². The van der Waals surface area contributed by atoms with Gasteiger partial charge >= 0.3 is 0 Å². The molecule has 1 aromatic heterocycles. The van der Waals surface area contributed by atoms with Crippen molar-refractivity contribution in [1.82, 2.24) is 4.57 Å². The first-order valence-electron chi connectivity index (χ1n) is 10.5. The monoisotopic (exact) mass is 414 g/mol. The zero-order valence-electron chi connectivity index (χ0n) is 17.1. The minimum absolute atomic E-state index is 0.106. The zero-order valence-corrected chi connectivity index (χ0v) is 17.1. The maximum Gasteiger partial charge on any atom is 0.277 e. The highest BCUT2D eigenvalue weighted by Crippen LogP contribution is 2.44. The first-order chi connectivity index (χ1) is 15.7. The Balaban J connectivity index is 1.91. The van der Waals surface area contributed by atoms with Crippen LogP contribution in [-0.4, -0.2) is 9.49 Å². The lowest BCUT2D eigenvalue weighted by atomic mass is 9.95. The van der Waals surface area contributed by atoms with E-state index in [0.29, 0.717) is 5.56 Å². The molecule has 0 aliphatic heterocycles. The van der Waals surface area contributed by atoms with Crippen LogP contribution >= 0.6 is 0 Å². The van der Waals surface area contributed by atoms with Crippen molar-refractivity contribution in [2.45, 2.75) is 0 Å². The second kappa shape index (κ2) is 7.06. The van der Waals surface area contributed by atoms with E-state index in [9.17, 15) is 10.1 Å². The van der Waals surface area contributed by atoms with Gasteiger partial charge in [-0.1, -0.05) is 72.8 Å². The van der Waals surface area contributed by atoms with Crippen molar-refractivity contribution in [3.05, 3.63) is 119 Å². The quantitative estimate of drug-likeness (QED) is 0.222. The summed E-state index contributed by atoms with van der Waals surface area (Å²) < 4.78 is 2.23. The molecule has 32 heavy (non-hydrogen) atoms. The summed E-state index contributed by atoms with van der Waals surface area (Å²) in [6.45, 7) is 0. The Morgan fingerprint density at radius 2 is 1.31 bits per heavy atom. The van der Waals surface area contributed by atoms with Crippen LogP contribution in [0.15, 0.2) is 109 Å². The van der Waals surface area contributed by atoms with Gasteiger partial charge in [-0.2, -0.15) is 0 Å². The SMILES string of the molecule is O=[N+]([O-])c1ccccc1-c1cc2ccccc2c2c3ccccc3n(-c3ccccc3)c12. The van der Waals surface area contributed by atoms with Crippen molar-refractivity contribution in [2.75, 3.05) is 0 Å². The average molecular weight is 414 g/mol. The third-order valence-corrected chi connectivity index (χ3v) is 6.07. The van der Waals surface area contributed by atoms with Gasteiger partial charge in [-0.25, -0.2) is 0 Å². The number of hydrogen-bond donors (Lipinski definition) is 0. The molecule has 0 saturated carbocycles. The maximum absolute atomic E-state index is 11.9. The fourth-order valence-electron chi connectivity index (χ4n) is 4.75. The van der Waals surface area contributed by atoms with E-state index in [1.807, 2.05) is 54.6 Å². The molecule has 0 spiro atoms. The predicted molar refractivity (Wildman–Crippen MR) is 130 cm³/mol. The predicted octanol–water partition coefficient (Wildman–Crippen LogP) is 7.51. The molecule has 152 valence electrons. The fourth-order valence-corrected chi connectivity index (χ4v) is 4.75. The van der Waals surface area contributed by atoms with E-state index in [0.717, 1.165) is 43.8 Å². The first-order valence-corrected chi connectivity index (χ1v) is 10.5. The van der Waals surface area contributed by atoms with Crippen LogP contribution in [0.25, 0.3) is 49.4 Å². The summed E-state index contributed by atoms with van der Waals surface area (Å²) in [6.07, 6.45) is 0. The molecule has 4 heteroatoms. The Morgan fingerprint density at radius 3 is 2.12 bits per heavy atom. The van der Waals surface area contributed by atoms with Gasteiger partial charge in [-0.3, -0.25) is 10.1 Å². The van der Waals surface area contributed by atoms with E-state index in [1.165, 1.54) is 0 Å². The van der Waals surface area contributed by atoms with Crippen LogP contribution in [0.4, 0.5) is 5.69 Å². The van der Waals surface area contributed by atoms with Gasteiger partial charge < -0.3 is 4.57 Å². The fraction of sp³-hybridized carbons (Fsp3) is 0. The van der Waals surface area contributed by atoms with Crippen molar-refractivity contribution in [3.63, 3.8) is 0 Å². The molecule has 6 aromatic rings. The molecular formula is C28H18N2O2. The number of rotatable bonds is 3. The number of nitrogens with zero attached hydrogens (tertiary/aromatic N) is 2.